The highest BCUT2D eigenvalue weighted by Gasteiger charge is 2.16. The van der Waals surface area contributed by atoms with E-state index in [4.69, 9.17) is 12.2 Å². The molecule has 2 atom stereocenters. The van der Waals surface area contributed by atoms with E-state index in [1.165, 1.54) is 0 Å². The quantitative estimate of drug-likeness (QED) is 0.713. The minimum atomic E-state index is -0.665. The summed E-state index contributed by atoms with van der Waals surface area (Å²) >= 11 is 0. The third-order valence-corrected chi connectivity index (χ3v) is 2.05. The molecule has 0 aliphatic carbocycles. The van der Waals surface area contributed by atoms with Gasteiger partial charge in [0, 0.05) is 0 Å². The fourth-order valence-corrected chi connectivity index (χ4v) is 1.16. The Hall–Kier alpha value is -1.79. The molecule has 3 N–H and O–H groups in total. The highest BCUT2D eigenvalue weighted by atomic mass is 16.2. The average Bonchev–Trinajstić information content (AvgIpc) is 2.29. The maximum atomic E-state index is 11.6. The van der Waals surface area contributed by atoms with E-state index < -0.39 is 6.04 Å². The maximum Gasteiger partial charge on any atom is 0.242 e. The minimum absolute atomic E-state index is 0.258. The van der Waals surface area contributed by atoms with Crippen LogP contribution >= 0.6 is 0 Å². The molecule has 78 valence electrons. The molecule has 0 spiro atoms. The Morgan fingerprint density at radius 1 is 1.47 bits per heavy atom. The van der Waals surface area contributed by atoms with Crippen LogP contribution in [0, 0.1) is 12.3 Å². The molecular formula is C12H14N2O. The Bertz CT molecular complexity index is 367. The van der Waals surface area contributed by atoms with Crippen LogP contribution in [0.25, 0.3) is 0 Å². The van der Waals surface area contributed by atoms with Crippen LogP contribution in [0.3, 0.4) is 0 Å². The van der Waals surface area contributed by atoms with Crippen LogP contribution < -0.4 is 11.1 Å². The van der Waals surface area contributed by atoms with Crippen LogP contribution in [-0.4, -0.2) is 11.9 Å². The molecule has 15 heavy (non-hydrogen) atoms. The zero-order valence-electron chi connectivity index (χ0n) is 8.60. The summed E-state index contributed by atoms with van der Waals surface area (Å²) < 4.78 is 0. The van der Waals surface area contributed by atoms with Crippen molar-refractivity contribution in [2.24, 2.45) is 5.73 Å². The molecule has 0 aromatic heterocycles. The molecule has 0 aliphatic rings. The predicted octanol–water partition coefficient (Wildman–Crippen LogP) is 0.824. The van der Waals surface area contributed by atoms with Gasteiger partial charge in [-0.15, -0.1) is 6.42 Å². The molecule has 0 aliphatic heterocycles. The van der Waals surface area contributed by atoms with Crippen molar-refractivity contribution in [1.82, 2.24) is 5.32 Å². The number of amides is 1. The zero-order valence-corrected chi connectivity index (χ0v) is 8.60. The predicted molar refractivity (Wildman–Crippen MR) is 59.8 cm³/mol. The van der Waals surface area contributed by atoms with Crippen molar-refractivity contribution in [2.75, 3.05) is 0 Å². The highest BCUT2D eigenvalue weighted by molar-refractivity contribution is 5.83. The van der Waals surface area contributed by atoms with E-state index >= 15 is 0 Å². The van der Waals surface area contributed by atoms with E-state index in [0.717, 1.165) is 5.56 Å². The Morgan fingerprint density at radius 3 is 2.60 bits per heavy atom. The molecule has 3 nitrogen and oxygen atoms in total. The lowest BCUT2D eigenvalue weighted by molar-refractivity contribution is -0.122. The minimum Gasteiger partial charge on any atom is -0.341 e. The zero-order chi connectivity index (χ0) is 11.3. The second-order valence-corrected chi connectivity index (χ2v) is 3.29. The van der Waals surface area contributed by atoms with Crippen LogP contribution in [0.2, 0.25) is 0 Å². The molecule has 1 aromatic carbocycles. The third-order valence-electron chi connectivity index (χ3n) is 2.05. The average molecular weight is 202 g/mol. The van der Waals surface area contributed by atoms with Gasteiger partial charge in [0.25, 0.3) is 0 Å². The number of hydrogen-bond donors (Lipinski definition) is 2. The summed E-state index contributed by atoms with van der Waals surface area (Å²) in [7, 11) is 0. The summed E-state index contributed by atoms with van der Waals surface area (Å²) in [5.41, 5.74) is 6.54. The molecule has 0 fully saturated rings. The van der Waals surface area contributed by atoms with Gasteiger partial charge >= 0.3 is 0 Å². The van der Waals surface area contributed by atoms with Gasteiger partial charge in [0.15, 0.2) is 0 Å². The van der Waals surface area contributed by atoms with E-state index in [9.17, 15) is 4.79 Å². The number of rotatable bonds is 3. The SMILES string of the molecule is C#CC(C)NC(=O)C(N)c1ccccc1. The summed E-state index contributed by atoms with van der Waals surface area (Å²) in [5, 5.41) is 2.63. The summed E-state index contributed by atoms with van der Waals surface area (Å²) in [6.45, 7) is 1.73. The van der Waals surface area contributed by atoms with Gasteiger partial charge in [-0.25, -0.2) is 0 Å². The lowest BCUT2D eigenvalue weighted by Gasteiger charge is -2.14. The molecule has 1 rings (SSSR count). The number of carbonyl (C=O) groups is 1. The summed E-state index contributed by atoms with van der Waals surface area (Å²) in [6, 6.07) is 8.21. The number of nitrogens with two attached hydrogens (primary N) is 1. The first kappa shape index (κ1) is 11.3. The van der Waals surface area contributed by atoms with Crippen LogP contribution in [0.5, 0.6) is 0 Å². The van der Waals surface area contributed by atoms with Crippen molar-refractivity contribution in [3.05, 3.63) is 35.9 Å². The molecule has 0 radical (unpaired) electrons. The summed E-state index contributed by atoms with van der Waals surface area (Å²) in [5.74, 6) is 2.16. The molecule has 2 unspecified atom stereocenters. The van der Waals surface area contributed by atoms with Crippen LogP contribution in [-0.2, 0) is 4.79 Å². The van der Waals surface area contributed by atoms with Gasteiger partial charge in [-0.05, 0) is 12.5 Å². The van der Waals surface area contributed by atoms with Crippen molar-refractivity contribution in [3.63, 3.8) is 0 Å². The lowest BCUT2D eigenvalue weighted by atomic mass is 10.1. The smallest absolute Gasteiger partial charge is 0.242 e. The number of hydrogen-bond acceptors (Lipinski definition) is 2. The molecule has 1 aromatic rings. The van der Waals surface area contributed by atoms with Gasteiger partial charge in [0.05, 0.1) is 6.04 Å². The second-order valence-electron chi connectivity index (χ2n) is 3.29. The first-order chi connectivity index (χ1) is 7.15. The molecule has 0 bridgehead atoms. The van der Waals surface area contributed by atoms with Gasteiger partial charge in [0.1, 0.15) is 6.04 Å². The monoisotopic (exact) mass is 202 g/mol. The van der Waals surface area contributed by atoms with Crippen LogP contribution in [0.4, 0.5) is 0 Å². The number of nitrogens with one attached hydrogen (secondary N) is 1. The lowest BCUT2D eigenvalue weighted by Crippen LogP contribution is -2.38. The first-order valence-corrected chi connectivity index (χ1v) is 4.72. The fraction of sp³-hybridized carbons (Fsp3) is 0.250. The Labute approximate surface area is 89.7 Å². The highest BCUT2D eigenvalue weighted by Crippen LogP contribution is 2.09. The van der Waals surface area contributed by atoms with Gasteiger partial charge in [0.2, 0.25) is 5.91 Å². The first-order valence-electron chi connectivity index (χ1n) is 4.72. The molecule has 0 heterocycles. The van der Waals surface area contributed by atoms with Gasteiger partial charge in [-0.1, -0.05) is 36.3 Å². The topological polar surface area (TPSA) is 55.1 Å². The van der Waals surface area contributed by atoms with Crippen LogP contribution in [0.15, 0.2) is 30.3 Å². The van der Waals surface area contributed by atoms with E-state index in [-0.39, 0.29) is 11.9 Å². The van der Waals surface area contributed by atoms with Gasteiger partial charge < -0.3 is 11.1 Å². The summed E-state index contributed by atoms with van der Waals surface area (Å²) in [6.07, 6.45) is 5.15. The van der Waals surface area contributed by atoms with Crippen molar-refractivity contribution < 1.29 is 4.79 Å². The summed E-state index contributed by atoms with van der Waals surface area (Å²) in [4.78, 5) is 11.6. The van der Waals surface area contributed by atoms with E-state index in [2.05, 4.69) is 11.2 Å². The van der Waals surface area contributed by atoms with Gasteiger partial charge in [-0.2, -0.15) is 0 Å². The van der Waals surface area contributed by atoms with Crippen LogP contribution in [0.1, 0.15) is 18.5 Å². The van der Waals surface area contributed by atoms with Crippen molar-refractivity contribution in [1.29, 1.82) is 0 Å². The van der Waals surface area contributed by atoms with E-state index in [1.807, 2.05) is 30.3 Å². The van der Waals surface area contributed by atoms with E-state index in [1.54, 1.807) is 6.92 Å². The maximum absolute atomic E-state index is 11.6. The Balaban J connectivity index is 2.66. The van der Waals surface area contributed by atoms with Gasteiger partial charge in [-0.3, -0.25) is 4.79 Å². The normalized spacial score (nSPS) is 13.7. The Kier molecular flexibility index (Phi) is 3.90. The van der Waals surface area contributed by atoms with Crippen molar-refractivity contribution >= 4 is 5.91 Å². The third kappa shape index (κ3) is 3.12. The molecular weight excluding hydrogens is 188 g/mol. The standard InChI is InChI=1S/C12H14N2O/c1-3-9(2)14-12(15)11(13)10-7-5-4-6-8-10/h1,4-9,11H,13H2,2H3,(H,14,15). The number of terminal acetylenes is 1. The van der Waals surface area contributed by atoms with Crippen molar-refractivity contribution in [2.45, 2.75) is 19.0 Å². The van der Waals surface area contributed by atoms with Crippen molar-refractivity contribution in [3.8, 4) is 12.3 Å². The Morgan fingerprint density at radius 2 is 2.07 bits per heavy atom. The molecule has 1 amide bonds. The second kappa shape index (κ2) is 5.18. The number of carbonyl (C=O) groups excluding carboxylic acids is 1. The number of benzene rings is 1. The largest absolute Gasteiger partial charge is 0.341 e. The molecule has 3 heteroatoms. The van der Waals surface area contributed by atoms with E-state index in [0.29, 0.717) is 0 Å². The fourth-order valence-electron chi connectivity index (χ4n) is 1.16. The molecule has 0 saturated carbocycles. The molecule has 0 saturated heterocycles.